The summed E-state index contributed by atoms with van der Waals surface area (Å²) in [5, 5.41) is 4.72. The lowest BCUT2D eigenvalue weighted by Crippen LogP contribution is -2.42. The minimum atomic E-state index is -0.537. The van der Waals surface area contributed by atoms with Gasteiger partial charge in [-0.1, -0.05) is 19.4 Å². The summed E-state index contributed by atoms with van der Waals surface area (Å²) in [5.74, 6) is -0.591. The molecule has 19 heavy (non-hydrogen) atoms. The van der Waals surface area contributed by atoms with Crippen LogP contribution < -0.4 is 11.1 Å². The van der Waals surface area contributed by atoms with E-state index < -0.39 is 6.04 Å². The Kier molecular flexibility index (Phi) is 6.52. The summed E-state index contributed by atoms with van der Waals surface area (Å²) in [6, 6.07) is 2.85. The fourth-order valence-corrected chi connectivity index (χ4v) is 2.46. The molecule has 0 fully saturated rings. The van der Waals surface area contributed by atoms with E-state index in [9.17, 15) is 9.59 Å². The molecule has 6 heteroatoms. The van der Waals surface area contributed by atoms with Crippen LogP contribution in [-0.4, -0.2) is 25.0 Å². The van der Waals surface area contributed by atoms with Crippen LogP contribution in [-0.2, 0) is 14.3 Å². The Bertz CT molecular complexity index is 406. The van der Waals surface area contributed by atoms with Crippen LogP contribution in [0.15, 0.2) is 17.5 Å². The maximum Gasteiger partial charge on any atom is 0.307 e. The van der Waals surface area contributed by atoms with Crippen molar-refractivity contribution < 1.29 is 14.3 Å². The number of hydrogen-bond acceptors (Lipinski definition) is 5. The van der Waals surface area contributed by atoms with Crippen LogP contribution in [0.2, 0.25) is 0 Å². The zero-order valence-electron chi connectivity index (χ0n) is 11.2. The van der Waals surface area contributed by atoms with Gasteiger partial charge in [0.05, 0.1) is 25.6 Å². The topological polar surface area (TPSA) is 81.4 Å². The molecule has 0 aliphatic heterocycles. The molecule has 0 aromatic carbocycles. The third-order valence-corrected chi connectivity index (χ3v) is 3.72. The van der Waals surface area contributed by atoms with Crippen molar-refractivity contribution in [2.24, 2.45) is 5.73 Å². The molecular weight excluding hydrogens is 264 g/mol. The quantitative estimate of drug-likeness (QED) is 0.745. The second-order valence-electron chi connectivity index (χ2n) is 4.25. The number of carbonyl (C=O) groups excluding carboxylic acids is 2. The van der Waals surface area contributed by atoms with Crippen LogP contribution in [0.5, 0.6) is 0 Å². The largest absolute Gasteiger partial charge is 0.469 e. The van der Waals surface area contributed by atoms with Crippen LogP contribution in [0.4, 0.5) is 0 Å². The van der Waals surface area contributed by atoms with Crippen LogP contribution in [0, 0.1) is 0 Å². The Morgan fingerprint density at radius 2 is 2.26 bits per heavy atom. The van der Waals surface area contributed by atoms with Gasteiger partial charge in [0.1, 0.15) is 0 Å². The predicted molar refractivity (Wildman–Crippen MR) is 74.7 cm³/mol. The molecule has 2 atom stereocenters. The number of methoxy groups -OCH3 is 1. The van der Waals surface area contributed by atoms with Crippen LogP contribution in [0.3, 0.4) is 0 Å². The van der Waals surface area contributed by atoms with Gasteiger partial charge in [-0.3, -0.25) is 9.59 Å². The van der Waals surface area contributed by atoms with Gasteiger partial charge in [0.2, 0.25) is 5.91 Å². The second-order valence-corrected chi connectivity index (χ2v) is 5.23. The van der Waals surface area contributed by atoms with Crippen LogP contribution in [0.1, 0.15) is 37.1 Å². The molecule has 0 aliphatic carbocycles. The fourth-order valence-electron chi connectivity index (χ4n) is 1.68. The summed E-state index contributed by atoms with van der Waals surface area (Å²) in [6.07, 6.45) is 1.58. The summed E-state index contributed by atoms with van der Waals surface area (Å²) in [6.45, 7) is 1.97. The van der Waals surface area contributed by atoms with Crippen molar-refractivity contribution in [3.63, 3.8) is 0 Å². The van der Waals surface area contributed by atoms with E-state index in [0.29, 0.717) is 6.42 Å². The van der Waals surface area contributed by atoms with Crippen LogP contribution >= 0.6 is 11.3 Å². The van der Waals surface area contributed by atoms with Gasteiger partial charge in [0.15, 0.2) is 0 Å². The molecule has 5 nitrogen and oxygen atoms in total. The number of nitrogens with two attached hydrogens (primary N) is 1. The van der Waals surface area contributed by atoms with Crippen molar-refractivity contribution >= 4 is 23.2 Å². The molecule has 1 amide bonds. The van der Waals surface area contributed by atoms with Crippen molar-refractivity contribution in [2.45, 2.75) is 38.3 Å². The third kappa shape index (κ3) is 5.00. The second kappa shape index (κ2) is 7.91. The van der Waals surface area contributed by atoms with Gasteiger partial charge in [0, 0.05) is 4.88 Å². The number of ether oxygens (including phenoxy) is 1. The molecule has 0 spiro atoms. The van der Waals surface area contributed by atoms with Crippen molar-refractivity contribution in [1.29, 1.82) is 0 Å². The Hall–Kier alpha value is -1.40. The number of esters is 1. The first kappa shape index (κ1) is 15.7. The number of hydrogen-bond donors (Lipinski definition) is 2. The number of amides is 1. The standard InChI is InChI=1S/C13H20N2O3S/c1-3-5-9(14)13(17)15-10(8-12(16)18-2)11-6-4-7-19-11/h4,6-7,9-10H,3,5,8,14H2,1-2H3,(H,15,17)/t9-,10?/m0/s1. The molecule has 0 radical (unpaired) electrons. The fraction of sp³-hybridized carbons (Fsp3) is 0.538. The van der Waals surface area contributed by atoms with Crippen molar-refractivity contribution in [3.8, 4) is 0 Å². The lowest BCUT2D eigenvalue weighted by molar-refractivity contribution is -0.141. The van der Waals surface area contributed by atoms with E-state index in [4.69, 9.17) is 5.73 Å². The molecule has 1 aromatic heterocycles. The van der Waals surface area contributed by atoms with Gasteiger partial charge >= 0.3 is 5.97 Å². The molecular formula is C13H20N2O3S. The third-order valence-electron chi connectivity index (χ3n) is 2.74. The SMILES string of the molecule is CCC[C@H](N)C(=O)NC(CC(=O)OC)c1cccs1. The smallest absolute Gasteiger partial charge is 0.307 e. The first-order valence-corrected chi connectivity index (χ1v) is 7.12. The van der Waals surface area contributed by atoms with Crippen molar-refractivity contribution in [2.75, 3.05) is 7.11 Å². The predicted octanol–water partition coefficient (Wildman–Crippen LogP) is 1.60. The molecule has 1 aromatic rings. The first-order valence-electron chi connectivity index (χ1n) is 6.24. The average Bonchev–Trinajstić information content (AvgIpc) is 2.91. The molecule has 0 saturated carbocycles. The minimum absolute atomic E-state index is 0.113. The summed E-state index contributed by atoms with van der Waals surface area (Å²) in [4.78, 5) is 24.2. The Labute approximate surface area is 117 Å². The monoisotopic (exact) mass is 284 g/mol. The highest BCUT2D eigenvalue weighted by molar-refractivity contribution is 7.10. The van der Waals surface area contributed by atoms with Gasteiger partial charge in [-0.05, 0) is 17.9 Å². The number of rotatable bonds is 7. The highest BCUT2D eigenvalue weighted by atomic mass is 32.1. The maximum atomic E-state index is 11.9. The summed E-state index contributed by atoms with van der Waals surface area (Å²) >= 11 is 1.49. The Morgan fingerprint density at radius 3 is 2.79 bits per heavy atom. The van der Waals surface area contributed by atoms with Gasteiger partial charge < -0.3 is 15.8 Å². The van der Waals surface area contributed by atoms with E-state index >= 15 is 0 Å². The summed E-state index contributed by atoms with van der Waals surface area (Å²) < 4.78 is 4.65. The van der Waals surface area contributed by atoms with E-state index in [-0.39, 0.29) is 24.3 Å². The van der Waals surface area contributed by atoms with Gasteiger partial charge in [-0.2, -0.15) is 0 Å². The van der Waals surface area contributed by atoms with Gasteiger partial charge in [-0.15, -0.1) is 11.3 Å². The highest BCUT2D eigenvalue weighted by Crippen LogP contribution is 2.22. The van der Waals surface area contributed by atoms with E-state index in [0.717, 1.165) is 11.3 Å². The minimum Gasteiger partial charge on any atom is -0.469 e. The van der Waals surface area contributed by atoms with Crippen molar-refractivity contribution in [3.05, 3.63) is 22.4 Å². The van der Waals surface area contributed by atoms with E-state index in [1.807, 2.05) is 24.4 Å². The first-order chi connectivity index (χ1) is 9.08. The summed E-state index contributed by atoms with van der Waals surface area (Å²) in [7, 11) is 1.33. The van der Waals surface area contributed by atoms with Crippen molar-refractivity contribution in [1.82, 2.24) is 5.32 Å². The van der Waals surface area contributed by atoms with Crippen LogP contribution in [0.25, 0.3) is 0 Å². The maximum absolute atomic E-state index is 11.9. The Morgan fingerprint density at radius 1 is 1.53 bits per heavy atom. The molecule has 1 rings (SSSR count). The van der Waals surface area contributed by atoms with E-state index in [1.54, 1.807) is 0 Å². The van der Waals surface area contributed by atoms with E-state index in [2.05, 4.69) is 10.1 Å². The number of carbonyl (C=O) groups is 2. The highest BCUT2D eigenvalue weighted by Gasteiger charge is 2.22. The average molecular weight is 284 g/mol. The summed E-state index contributed by atoms with van der Waals surface area (Å²) in [5.41, 5.74) is 5.77. The van der Waals surface area contributed by atoms with E-state index in [1.165, 1.54) is 18.4 Å². The number of nitrogens with one attached hydrogen (secondary N) is 1. The zero-order valence-corrected chi connectivity index (χ0v) is 12.0. The lowest BCUT2D eigenvalue weighted by atomic mass is 10.1. The molecule has 3 N–H and O–H groups in total. The lowest BCUT2D eigenvalue weighted by Gasteiger charge is -2.19. The molecule has 1 unspecified atom stereocenters. The molecule has 0 bridgehead atoms. The Balaban J connectivity index is 2.69. The molecule has 0 saturated heterocycles. The molecule has 106 valence electrons. The van der Waals surface area contributed by atoms with Gasteiger partial charge in [-0.25, -0.2) is 0 Å². The molecule has 0 aliphatic rings. The molecule has 1 heterocycles. The van der Waals surface area contributed by atoms with Gasteiger partial charge in [0.25, 0.3) is 0 Å². The number of thiophene rings is 1. The normalized spacial score (nSPS) is 13.6. The zero-order chi connectivity index (χ0) is 14.3.